The third-order valence-electron chi connectivity index (χ3n) is 4.74. The Balaban J connectivity index is 1.71. The van der Waals surface area contributed by atoms with Crippen molar-refractivity contribution in [1.82, 2.24) is 5.32 Å². The van der Waals surface area contributed by atoms with Crippen molar-refractivity contribution in [2.75, 3.05) is 42.5 Å². The highest BCUT2D eigenvalue weighted by atomic mass is 15.2. The van der Waals surface area contributed by atoms with Crippen molar-refractivity contribution in [3.63, 3.8) is 0 Å². The van der Waals surface area contributed by atoms with Gasteiger partial charge in [-0.25, -0.2) is 0 Å². The number of hydrogen-bond donors (Lipinski definition) is 2. The summed E-state index contributed by atoms with van der Waals surface area (Å²) >= 11 is 0. The second kappa shape index (κ2) is 6.95. The van der Waals surface area contributed by atoms with Crippen LogP contribution in [0.15, 0.2) is 36.2 Å². The monoisotopic (exact) mass is 300 g/mol. The van der Waals surface area contributed by atoms with Gasteiger partial charge in [0.1, 0.15) is 0 Å². The van der Waals surface area contributed by atoms with E-state index in [1.165, 1.54) is 43.7 Å². The fourth-order valence-electron chi connectivity index (χ4n) is 3.48. The quantitative estimate of drug-likeness (QED) is 0.877. The molecule has 0 radical (unpaired) electrons. The number of anilines is 2. The van der Waals surface area contributed by atoms with Crippen LogP contribution in [0.2, 0.25) is 0 Å². The van der Waals surface area contributed by atoms with Gasteiger partial charge in [-0.3, -0.25) is 0 Å². The highest BCUT2D eigenvalue weighted by molar-refractivity contribution is 5.59. The van der Waals surface area contributed by atoms with Crippen LogP contribution in [-0.2, 0) is 0 Å². The Labute approximate surface area is 134 Å². The summed E-state index contributed by atoms with van der Waals surface area (Å²) in [5, 5.41) is 3.22. The number of piperidine rings is 1. The van der Waals surface area contributed by atoms with E-state index >= 15 is 0 Å². The van der Waals surface area contributed by atoms with Crippen molar-refractivity contribution in [3.05, 3.63) is 36.2 Å². The fraction of sp³-hybridized carbons (Fsp3) is 0.556. The van der Waals surface area contributed by atoms with E-state index in [9.17, 15) is 0 Å². The second-order valence-electron chi connectivity index (χ2n) is 6.37. The first-order valence-electron chi connectivity index (χ1n) is 8.57. The summed E-state index contributed by atoms with van der Waals surface area (Å²) in [5.74, 6) is 1.32. The molecule has 2 heterocycles. The van der Waals surface area contributed by atoms with Crippen LogP contribution in [0.5, 0.6) is 0 Å². The molecule has 1 saturated heterocycles. The first-order chi connectivity index (χ1) is 10.8. The van der Waals surface area contributed by atoms with Crippen LogP contribution in [0.1, 0.15) is 26.2 Å². The van der Waals surface area contributed by atoms with E-state index in [4.69, 9.17) is 5.73 Å². The average molecular weight is 300 g/mol. The lowest BCUT2D eigenvalue weighted by atomic mass is 10.1. The number of nitrogens with zero attached hydrogens (tertiary/aromatic N) is 2. The molecule has 0 bridgehead atoms. The Kier molecular flexibility index (Phi) is 4.76. The molecule has 0 spiro atoms. The van der Waals surface area contributed by atoms with Crippen molar-refractivity contribution in [2.24, 2.45) is 11.7 Å². The molecule has 0 unspecified atom stereocenters. The number of rotatable bonds is 5. The smallest absolute Gasteiger partial charge is 0.0923 e. The predicted octanol–water partition coefficient (Wildman–Crippen LogP) is 2.52. The first-order valence-corrected chi connectivity index (χ1v) is 8.57. The maximum absolute atomic E-state index is 5.83. The topological polar surface area (TPSA) is 44.5 Å². The van der Waals surface area contributed by atoms with Gasteiger partial charge < -0.3 is 20.9 Å². The van der Waals surface area contributed by atoms with E-state index in [1.807, 2.05) is 0 Å². The molecule has 0 amide bonds. The van der Waals surface area contributed by atoms with E-state index in [1.54, 1.807) is 0 Å². The van der Waals surface area contributed by atoms with Gasteiger partial charge in [-0.2, -0.15) is 0 Å². The van der Waals surface area contributed by atoms with E-state index in [-0.39, 0.29) is 0 Å². The molecule has 1 aromatic carbocycles. The molecule has 4 nitrogen and oxygen atoms in total. The summed E-state index contributed by atoms with van der Waals surface area (Å²) in [6.45, 7) is 7.61. The molecule has 2 aliphatic heterocycles. The summed E-state index contributed by atoms with van der Waals surface area (Å²) in [5.41, 5.74) is 8.52. The second-order valence-corrected chi connectivity index (χ2v) is 6.37. The minimum atomic E-state index is 0.499. The molecule has 4 heteroatoms. The van der Waals surface area contributed by atoms with E-state index in [0.717, 1.165) is 25.5 Å². The molecule has 1 atom stereocenters. The molecular weight excluding hydrogens is 272 g/mol. The molecule has 3 rings (SSSR count). The van der Waals surface area contributed by atoms with Gasteiger partial charge in [-0.1, -0.05) is 6.07 Å². The Morgan fingerprint density at radius 3 is 2.77 bits per heavy atom. The number of hydrogen-bond acceptors (Lipinski definition) is 4. The van der Waals surface area contributed by atoms with E-state index in [0.29, 0.717) is 5.92 Å². The highest BCUT2D eigenvalue weighted by Gasteiger charge is 2.18. The Hall–Kier alpha value is -1.84. The van der Waals surface area contributed by atoms with Crippen LogP contribution in [0.25, 0.3) is 0 Å². The zero-order chi connectivity index (χ0) is 15.4. The standard InChI is InChI=1S/C18H28N4/c1-2-21(14-15-11-18(19)20-13-15)16-7-6-8-17(12-16)22-9-4-3-5-10-22/h6-8,11-12,15,20H,2-5,9-10,13-14,19H2,1H3/t15-/m0/s1. The van der Waals surface area contributed by atoms with Gasteiger partial charge in [-0.15, -0.1) is 0 Å². The van der Waals surface area contributed by atoms with Crippen molar-refractivity contribution < 1.29 is 0 Å². The largest absolute Gasteiger partial charge is 0.386 e. The normalized spacial score (nSPS) is 21.4. The van der Waals surface area contributed by atoms with Gasteiger partial charge in [0.25, 0.3) is 0 Å². The summed E-state index contributed by atoms with van der Waals surface area (Å²) in [6.07, 6.45) is 6.16. The molecular formula is C18H28N4. The van der Waals surface area contributed by atoms with Gasteiger partial charge in [-0.05, 0) is 50.5 Å². The summed E-state index contributed by atoms with van der Waals surface area (Å²) in [7, 11) is 0. The minimum Gasteiger partial charge on any atom is -0.386 e. The Bertz CT molecular complexity index is 520. The van der Waals surface area contributed by atoms with Crippen molar-refractivity contribution >= 4 is 11.4 Å². The molecule has 2 aliphatic rings. The van der Waals surface area contributed by atoms with Crippen LogP contribution in [0.4, 0.5) is 11.4 Å². The molecule has 120 valence electrons. The summed E-state index contributed by atoms with van der Waals surface area (Å²) in [6, 6.07) is 9.02. The minimum absolute atomic E-state index is 0.499. The molecule has 0 aliphatic carbocycles. The van der Waals surface area contributed by atoms with Gasteiger partial charge in [0.2, 0.25) is 0 Å². The van der Waals surface area contributed by atoms with Crippen LogP contribution >= 0.6 is 0 Å². The van der Waals surface area contributed by atoms with Crippen molar-refractivity contribution in [3.8, 4) is 0 Å². The average Bonchev–Trinajstić information content (AvgIpc) is 2.99. The molecule has 1 fully saturated rings. The lowest BCUT2D eigenvalue weighted by Gasteiger charge is -2.31. The van der Waals surface area contributed by atoms with E-state index < -0.39 is 0 Å². The molecule has 0 saturated carbocycles. The Morgan fingerprint density at radius 2 is 2.09 bits per heavy atom. The van der Waals surface area contributed by atoms with Crippen molar-refractivity contribution in [1.29, 1.82) is 0 Å². The zero-order valence-corrected chi connectivity index (χ0v) is 13.6. The summed E-state index contributed by atoms with van der Waals surface area (Å²) in [4.78, 5) is 4.98. The van der Waals surface area contributed by atoms with Gasteiger partial charge >= 0.3 is 0 Å². The molecule has 22 heavy (non-hydrogen) atoms. The van der Waals surface area contributed by atoms with Crippen LogP contribution < -0.4 is 20.9 Å². The molecule has 0 aromatic heterocycles. The Morgan fingerprint density at radius 1 is 1.27 bits per heavy atom. The van der Waals surface area contributed by atoms with Crippen LogP contribution in [0.3, 0.4) is 0 Å². The number of benzene rings is 1. The molecule has 1 aromatic rings. The number of nitrogens with one attached hydrogen (secondary N) is 1. The lowest BCUT2D eigenvalue weighted by Crippen LogP contribution is -2.32. The van der Waals surface area contributed by atoms with Crippen LogP contribution in [-0.4, -0.2) is 32.7 Å². The number of nitrogens with two attached hydrogens (primary N) is 1. The molecule has 3 N–H and O–H groups in total. The van der Waals surface area contributed by atoms with Crippen LogP contribution in [0, 0.1) is 5.92 Å². The third-order valence-corrected chi connectivity index (χ3v) is 4.74. The highest BCUT2D eigenvalue weighted by Crippen LogP contribution is 2.26. The lowest BCUT2D eigenvalue weighted by molar-refractivity contribution is 0.577. The zero-order valence-electron chi connectivity index (χ0n) is 13.6. The van der Waals surface area contributed by atoms with Gasteiger partial charge in [0, 0.05) is 50.0 Å². The maximum Gasteiger partial charge on any atom is 0.0923 e. The van der Waals surface area contributed by atoms with Crippen molar-refractivity contribution in [2.45, 2.75) is 26.2 Å². The SMILES string of the molecule is CCN(C[C@H]1C=C(N)NC1)c1cccc(N2CCCCC2)c1. The third kappa shape index (κ3) is 3.49. The first kappa shape index (κ1) is 15.1. The predicted molar refractivity (Wildman–Crippen MR) is 94.2 cm³/mol. The van der Waals surface area contributed by atoms with Gasteiger partial charge in [0.05, 0.1) is 5.82 Å². The van der Waals surface area contributed by atoms with Gasteiger partial charge in [0.15, 0.2) is 0 Å². The maximum atomic E-state index is 5.83. The van der Waals surface area contributed by atoms with E-state index in [2.05, 4.69) is 52.4 Å². The summed E-state index contributed by atoms with van der Waals surface area (Å²) < 4.78 is 0. The fourth-order valence-corrected chi connectivity index (χ4v) is 3.48.